The number of carbonyl (C=O) groups excluding carboxylic acids is 2. The number of carbonyl (C=O) groups is 2. The Bertz CT molecular complexity index is 835. The van der Waals surface area contributed by atoms with E-state index in [1.54, 1.807) is 11.0 Å². The molecular weight excluding hydrogens is 354 g/mol. The van der Waals surface area contributed by atoms with E-state index in [1.807, 2.05) is 39.2 Å². The molecule has 1 aliphatic heterocycles. The first-order valence-electron chi connectivity index (χ1n) is 9.41. The molecule has 3 rings (SSSR count). The largest absolute Gasteiger partial charge is 0.378 e. The molecule has 0 radical (unpaired) electrons. The molecule has 1 heterocycles. The fourth-order valence-corrected chi connectivity index (χ4v) is 3.20. The lowest BCUT2D eigenvalue weighted by Gasteiger charge is -2.18. The highest BCUT2D eigenvalue weighted by Gasteiger charge is 2.21. The van der Waals surface area contributed by atoms with Crippen LogP contribution in [0.4, 0.5) is 26.7 Å². The lowest BCUT2D eigenvalue weighted by Crippen LogP contribution is -2.37. The molecule has 2 aromatic rings. The van der Waals surface area contributed by atoms with Crippen LogP contribution in [0.5, 0.6) is 0 Å². The second kappa shape index (κ2) is 8.65. The van der Waals surface area contributed by atoms with E-state index < -0.39 is 0 Å². The minimum Gasteiger partial charge on any atom is -0.378 e. The Balaban J connectivity index is 1.54. The highest BCUT2D eigenvalue weighted by Crippen LogP contribution is 2.21. The van der Waals surface area contributed by atoms with Crippen LogP contribution in [0, 0.1) is 0 Å². The molecule has 0 saturated carbocycles. The molecule has 1 saturated heterocycles. The molecule has 7 heteroatoms. The fraction of sp³-hybridized carbons (Fsp3) is 0.333. The summed E-state index contributed by atoms with van der Waals surface area (Å²) in [6, 6.07) is 15.2. The highest BCUT2D eigenvalue weighted by atomic mass is 16.2. The van der Waals surface area contributed by atoms with Crippen molar-refractivity contribution in [2.24, 2.45) is 0 Å². The van der Waals surface area contributed by atoms with Crippen molar-refractivity contribution in [1.29, 1.82) is 0 Å². The number of benzene rings is 2. The van der Waals surface area contributed by atoms with Gasteiger partial charge in [0.25, 0.3) is 0 Å². The number of amides is 4. The molecule has 1 atom stereocenters. The van der Waals surface area contributed by atoms with Gasteiger partial charge in [-0.05, 0) is 49.2 Å². The van der Waals surface area contributed by atoms with Gasteiger partial charge in [0, 0.05) is 50.3 Å². The van der Waals surface area contributed by atoms with Gasteiger partial charge in [-0.3, -0.25) is 4.90 Å². The van der Waals surface area contributed by atoms with Crippen molar-refractivity contribution >= 4 is 29.1 Å². The molecule has 1 unspecified atom stereocenters. The van der Waals surface area contributed by atoms with Gasteiger partial charge in [0.2, 0.25) is 0 Å². The second-order valence-corrected chi connectivity index (χ2v) is 7.20. The topological polar surface area (TPSA) is 76.7 Å². The van der Waals surface area contributed by atoms with E-state index in [1.165, 1.54) is 5.56 Å². The van der Waals surface area contributed by atoms with Gasteiger partial charge in [-0.25, -0.2) is 9.59 Å². The van der Waals surface area contributed by atoms with Gasteiger partial charge >= 0.3 is 12.1 Å². The maximum Gasteiger partial charge on any atom is 0.321 e. The van der Waals surface area contributed by atoms with Crippen LogP contribution in [-0.2, 0) is 6.42 Å². The minimum absolute atomic E-state index is 0.0160. The van der Waals surface area contributed by atoms with Gasteiger partial charge in [0.1, 0.15) is 0 Å². The lowest BCUT2D eigenvalue weighted by molar-refractivity contribution is 0.249. The van der Waals surface area contributed by atoms with Crippen molar-refractivity contribution in [2.75, 3.05) is 42.3 Å². The number of urea groups is 2. The fourth-order valence-electron chi connectivity index (χ4n) is 3.20. The zero-order valence-electron chi connectivity index (χ0n) is 16.5. The Kier molecular flexibility index (Phi) is 6.03. The minimum atomic E-state index is -0.263. The summed E-state index contributed by atoms with van der Waals surface area (Å²) in [5.74, 6) is 0. The van der Waals surface area contributed by atoms with Crippen LogP contribution in [0.2, 0.25) is 0 Å². The summed E-state index contributed by atoms with van der Waals surface area (Å²) in [5, 5.41) is 8.58. The number of rotatable bonds is 6. The third kappa shape index (κ3) is 4.94. The van der Waals surface area contributed by atoms with Gasteiger partial charge in [-0.15, -0.1) is 0 Å². The first kappa shape index (κ1) is 19.5. The van der Waals surface area contributed by atoms with Crippen molar-refractivity contribution < 1.29 is 9.59 Å². The zero-order valence-corrected chi connectivity index (χ0v) is 16.5. The standard InChI is InChI=1S/C21H27N5O2/c1-15(13-16-7-9-18(10-8-16)25(2)3)23-20(27)24-17-5-4-6-19(14-17)26-12-11-22-21(26)28/h4-10,14-15H,11-13H2,1-3H3,(H,22,28)(H2,23,24,27). The molecule has 1 aliphatic rings. The Morgan fingerprint density at radius 2 is 1.96 bits per heavy atom. The molecule has 1 fully saturated rings. The molecule has 0 bridgehead atoms. The quantitative estimate of drug-likeness (QED) is 0.720. The summed E-state index contributed by atoms with van der Waals surface area (Å²) in [4.78, 5) is 27.8. The average Bonchev–Trinajstić information content (AvgIpc) is 3.08. The van der Waals surface area contributed by atoms with E-state index in [2.05, 4.69) is 45.1 Å². The van der Waals surface area contributed by atoms with Gasteiger partial charge < -0.3 is 20.9 Å². The van der Waals surface area contributed by atoms with Crippen LogP contribution in [0.3, 0.4) is 0 Å². The van der Waals surface area contributed by atoms with Crippen LogP contribution in [0.1, 0.15) is 12.5 Å². The molecule has 3 N–H and O–H groups in total. The smallest absolute Gasteiger partial charge is 0.321 e. The molecule has 148 valence electrons. The predicted octanol–water partition coefficient (Wildman–Crippen LogP) is 3.03. The SMILES string of the molecule is CC(Cc1ccc(N(C)C)cc1)NC(=O)Nc1cccc(N2CCNC2=O)c1. The van der Waals surface area contributed by atoms with E-state index in [-0.39, 0.29) is 18.1 Å². The molecule has 28 heavy (non-hydrogen) atoms. The molecule has 4 amide bonds. The van der Waals surface area contributed by atoms with Gasteiger partial charge in [-0.2, -0.15) is 0 Å². The Morgan fingerprint density at radius 1 is 1.21 bits per heavy atom. The number of anilines is 3. The zero-order chi connectivity index (χ0) is 20.1. The summed E-state index contributed by atoms with van der Waals surface area (Å²) in [5.41, 5.74) is 3.73. The Labute approximate surface area is 165 Å². The lowest BCUT2D eigenvalue weighted by atomic mass is 10.1. The first-order valence-corrected chi connectivity index (χ1v) is 9.41. The van der Waals surface area contributed by atoms with Gasteiger partial charge in [0.05, 0.1) is 0 Å². The maximum absolute atomic E-state index is 12.3. The Hall–Kier alpha value is -3.22. The van der Waals surface area contributed by atoms with E-state index in [0.29, 0.717) is 18.8 Å². The summed E-state index contributed by atoms with van der Waals surface area (Å²) in [7, 11) is 4.02. The highest BCUT2D eigenvalue weighted by molar-refractivity contribution is 5.95. The van der Waals surface area contributed by atoms with Crippen LogP contribution in [0.25, 0.3) is 0 Å². The third-order valence-electron chi connectivity index (χ3n) is 4.64. The monoisotopic (exact) mass is 381 g/mol. The number of hydrogen-bond donors (Lipinski definition) is 3. The molecule has 0 aliphatic carbocycles. The van der Waals surface area contributed by atoms with E-state index in [4.69, 9.17) is 0 Å². The first-order chi connectivity index (χ1) is 13.4. The van der Waals surface area contributed by atoms with Crippen molar-refractivity contribution in [3.63, 3.8) is 0 Å². The van der Waals surface area contributed by atoms with E-state index >= 15 is 0 Å². The summed E-state index contributed by atoms with van der Waals surface area (Å²) in [6.07, 6.45) is 0.745. The number of nitrogens with zero attached hydrogens (tertiary/aromatic N) is 2. The van der Waals surface area contributed by atoms with Crippen LogP contribution in [0.15, 0.2) is 48.5 Å². The van der Waals surface area contributed by atoms with Crippen molar-refractivity contribution in [3.8, 4) is 0 Å². The average molecular weight is 381 g/mol. The van der Waals surface area contributed by atoms with E-state index in [0.717, 1.165) is 17.8 Å². The maximum atomic E-state index is 12.3. The van der Waals surface area contributed by atoms with Crippen molar-refractivity contribution in [2.45, 2.75) is 19.4 Å². The Morgan fingerprint density at radius 3 is 2.61 bits per heavy atom. The molecule has 2 aromatic carbocycles. The number of hydrogen-bond acceptors (Lipinski definition) is 3. The summed E-state index contributed by atoms with van der Waals surface area (Å²) in [6.45, 7) is 3.23. The normalized spacial score (nSPS) is 14.4. The van der Waals surface area contributed by atoms with Crippen molar-refractivity contribution in [3.05, 3.63) is 54.1 Å². The summed E-state index contributed by atoms with van der Waals surface area (Å²) < 4.78 is 0. The van der Waals surface area contributed by atoms with Gasteiger partial charge in [0.15, 0.2) is 0 Å². The van der Waals surface area contributed by atoms with Crippen LogP contribution < -0.4 is 25.8 Å². The number of nitrogens with one attached hydrogen (secondary N) is 3. The second-order valence-electron chi connectivity index (χ2n) is 7.20. The van der Waals surface area contributed by atoms with Crippen LogP contribution >= 0.6 is 0 Å². The van der Waals surface area contributed by atoms with Gasteiger partial charge in [-0.1, -0.05) is 18.2 Å². The summed E-state index contributed by atoms with van der Waals surface area (Å²) >= 11 is 0. The molecule has 7 nitrogen and oxygen atoms in total. The molecule has 0 spiro atoms. The third-order valence-corrected chi connectivity index (χ3v) is 4.64. The van der Waals surface area contributed by atoms with E-state index in [9.17, 15) is 9.59 Å². The molecule has 0 aromatic heterocycles. The van der Waals surface area contributed by atoms with Crippen molar-refractivity contribution in [1.82, 2.24) is 10.6 Å². The van der Waals surface area contributed by atoms with Crippen LogP contribution in [-0.4, -0.2) is 45.3 Å². The molecular formula is C21H27N5O2. The predicted molar refractivity (Wildman–Crippen MR) is 113 cm³/mol.